The van der Waals surface area contributed by atoms with E-state index in [1.807, 2.05) is 18.2 Å². The number of anilines is 2. The highest BCUT2D eigenvalue weighted by Crippen LogP contribution is 2.36. The average Bonchev–Trinajstić information content (AvgIpc) is 3.24. The zero-order valence-electron chi connectivity index (χ0n) is 17.9. The van der Waals surface area contributed by atoms with Crippen LogP contribution in [0.3, 0.4) is 0 Å². The summed E-state index contributed by atoms with van der Waals surface area (Å²) in [6.07, 6.45) is 3.40. The second-order valence-corrected chi connectivity index (χ2v) is 8.03. The number of aromatic carboxylic acids is 1. The van der Waals surface area contributed by atoms with Crippen LogP contribution in [0.5, 0.6) is 0 Å². The van der Waals surface area contributed by atoms with E-state index in [-0.39, 0.29) is 5.91 Å². The number of aromatic nitrogens is 1. The van der Waals surface area contributed by atoms with Crippen LogP contribution in [0.25, 0.3) is 22.6 Å². The molecule has 1 unspecified atom stereocenters. The number of halogens is 1. The van der Waals surface area contributed by atoms with Crippen molar-refractivity contribution in [2.45, 2.75) is 39.2 Å². The predicted molar refractivity (Wildman–Crippen MR) is 119 cm³/mol. The fourth-order valence-electron chi connectivity index (χ4n) is 4.08. The molecule has 0 aliphatic carbocycles. The van der Waals surface area contributed by atoms with Crippen LogP contribution in [0.1, 0.15) is 43.5 Å². The van der Waals surface area contributed by atoms with Crippen LogP contribution in [0.2, 0.25) is 0 Å². The molecule has 1 atom stereocenters. The highest BCUT2D eigenvalue weighted by atomic mass is 19.1. The van der Waals surface area contributed by atoms with Gasteiger partial charge in [0.15, 0.2) is 5.76 Å². The minimum atomic E-state index is -1.33. The van der Waals surface area contributed by atoms with E-state index in [9.17, 15) is 14.0 Å². The van der Waals surface area contributed by atoms with Crippen molar-refractivity contribution in [3.63, 3.8) is 0 Å². The predicted octanol–water partition coefficient (Wildman–Crippen LogP) is 5.18. The third-order valence-electron chi connectivity index (χ3n) is 5.71. The van der Waals surface area contributed by atoms with Crippen LogP contribution in [0, 0.1) is 5.82 Å². The molecule has 166 valence electrons. The molecule has 3 aromatic rings. The van der Waals surface area contributed by atoms with Gasteiger partial charge in [-0.15, -0.1) is 0 Å². The molecule has 1 amide bonds. The Kier molecular flexibility index (Phi) is 5.94. The van der Waals surface area contributed by atoms with Crippen molar-refractivity contribution >= 4 is 23.3 Å². The van der Waals surface area contributed by atoms with Gasteiger partial charge in [-0.25, -0.2) is 9.18 Å². The molecular formula is C24H24FN3O4. The van der Waals surface area contributed by atoms with E-state index in [0.717, 1.165) is 31.1 Å². The summed E-state index contributed by atoms with van der Waals surface area (Å²) >= 11 is 0. The highest BCUT2D eigenvalue weighted by Gasteiger charge is 2.22. The Hall–Kier alpha value is -3.68. The third-order valence-corrected chi connectivity index (χ3v) is 5.71. The highest BCUT2D eigenvalue weighted by molar-refractivity contribution is 5.94. The second kappa shape index (κ2) is 8.82. The molecule has 0 spiro atoms. The topological polar surface area (TPSA) is 95.7 Å². The zero-order valence-corrected chi connectivity index (χ0v) is 17.9. The van der Waals surface area contributed by atoms with Crippen molar-refractivity contribution in [1.29, 1.82) is 0 Å². The number of rotatable bonds is 5. The van der Waals surface area contributed by atoms with Crippen molar-refractivity contribution < 1.29 is 23.6 Å². The molecule has 1 aliphatic heterocycles. The lowest BCUT2D eigenvalue weighted by atomic mass is 10.0. The molecule has 0 radical (unpaired) electrons. The summed E-state index contributed by atoms with van der Waals surface area (Å²) < 4.78 is 19.5. The largest absolute Gasteiger partial charge is 0.478 e. The van der Waals surface area contributed by atoms with E-state index in [2.05, 4.69) is 22.3 Å². The number of hydrogen-bond acceptors (Lipinski definition) is 5. The van der Waals surface area contributed by atoms with Gasteiger partial charge in [-0.05, 0) is 56.5 Å². The molecule has 2 aromatic carbocycles. The summed E-state index contributed by atoms with van der Waals surface area (Å²) in [7, 11) is 0. The summed E-state index contributed by atoms with van der Waals surface area (Å²) in [6.45, 7) is 4.58. The number of nitrogens with one attached hydrogen (secondary N) is 1. The fraction of sp³-hybridized carbons (Fsp3) is 0.292. The maximum Gasteiger partial charge on any atom is 0.338 e. The second-order valence-electron chi connectivity index (χ2n) is 8.03. The van der Waals surface area contributed by atoms with Crippen LogP contribution in [0.15, 0.2) is 47.0 Å². The van der Waals surface area contributed by atoms with Gasteiger partial charge in [0.1, 0.15) is 11.5 Å². The Morgan fingerprint density at radius 2 is 1.94 bits per heavy atom. The summed E-state index contributed by atoms with van der Waals surface area (Å²) in [5.74, 6) is -1.89. The first kappa shape index (κ1) is 21.5. The van der Waals surface area contributed by atoms with E-state index >= 15 is 0 Å². The molecule has 2 heterocycles. The summed E-state index contributed by atoms with van der Waals surface area (Å²) in [6, 6.07) is 11.5. The molecule has 7 nitrogen and oxygen atoms in total. The molecule has 0 bridgehead atoms. The van der Waals surface area contributed by atoms with Gasteiger partial charge in [-0.1, -0.05) is 11.2 Å². The molecule has 1 fully saturated rings. The van der Waals surface area contributed by atoms with Crippen LogP contribution in [-0.2, 0) is 4.79 Å². The van der Waals surface area contributed by atoms with Gasteiger partial charge < -0.3 is 19.8 Å². The van der Waals surface area contributed by atoms with Crippen molar-refractivity contribution in [2.75, 3.05) is 16.8 Å². The first-order valence-corrected chi connectivity index (χ1v) is 10.5. The lowest BCUT2D eigenvalue weighted by Gasteiger charge is -2.36. The van der Waals surface area contributed by atoms with E-state index < -0.39 is 17.3 Å². The van der Waals surface area contributed by atoms with Crippen molar-refractivity contribution in [1.82, 2.24) is 5.16 Å². The van der Waals surface area contributed by atoms with Crippen LogP contribution < -0.4 is 10.2 Å². The smallest absolute Gasteiger partial charge is 0.338 e. The van der Waals surface area contributed by atoms with Gasteiger partial charge in [0.25, 0.3) is 0 Å². The average molecular weight is 437 g/mol. The minimum Gasteiger partial charge on any atom is -0.478 e. The monoisotopic (exact) mass is 437 g/mol. The maximum atomic E-state index is 14.1. The normalized spacial score (nSPS) is 16.1. The van der Waals surface area contributed by atoms with Gasteiger partial charge in [-0.2, -0.15) is 0 Å². The quantitative estimate of drug-likeness (QED) is 0.571. The van der Waals surface area contributed by atoms with Gasteiger partial charge >= 0.3 is 5.97 Å². The molecule has 32 heavy (non-hydrogen) atoms. The molecule has 2 N–H and O–H groups in total. The van der Waals surface area contributed by atoms with Crippen LogP contribution >= 0.6 is 0 Å². The SMILES string of the molecule is CC(=O)Nc1cc(-c2cc(-c3ccc(C(=O)O)c(F)c3)no2)ccc1N1CCCCC1C. The minimum absolute atomic E-state index is 0.166. The number of amides is 1. The number of benzene rings is 2. The zero-order chi connectivity index (χ0) is 22.8. The van der Waals surface area contributed by atoms with Crippen molar-refractivity contribution in [2.24, 2.45) is 0 Å². The lowest BCUT2D eigenvalue weighted by molar-refractivity contribution is -0.114. The van der Waals surface area contributed by atoms with Crippen LogP contribution in [-0.4, -0.2) is 34.7 Å². The van der Waals surface area contributed by atoms with Gasteiger partial charge in [-0.3, -0.25) is 4.79 Å². The number of piperidine rings is 1. The lowest BCUT2D eigenvalue weighted by Crippen LogP contribution is -2.38. The Morgan fingerprint density at radius 1 is 1.16 bits per heavy atom. The third kappa shape index (κ3) is 4.34. The standard InChI is InChI=1S/C24H24FN3O4/c1-14-5-3-4-10-28(14)22-9-7-17(12-21(22)26-15(2)29)23-13-20(27-32-23)16-6-8-18(24(30)31)19(25)11-16/h6-9,11-14H,3-5,10H2,1-2H3,(H,26,29)(H,30,31). The van der Waals surface area contributed by atoms with Gasteiger partial charge in [0.2, 0.25) is 5.91 Å². The Bertz CT molecular complexity index is 1170. The molecular weight excluding hydrogens is 413 g/mol. The Labute approximate surface area is 184 Å². The van der Waals surface area contributed by atoms with Gasteiger partial charge in [0, 0.05) is 36.7 Å². The molecule has 1 aromatic heterocycles. The molecule has 0 saturated carbocycles. The number of hydrogen-bond donors (Lipinski definition) is 2. The summed E-state index contributed by atoms with van der Waals surface area (Å²) in [5, 5.41) is 15.9. The van der Waals surface area contributed by atoms with Crippen LogP contribution in [0.4, 0.5) is 15.8 Å². The van der Waals surface area contributed by atoms with E-state index in [4.69, 9.17) is 9.63 Å². The number of nitrogens with zero attached hydrogens (tertiary/aromatic N) is 2. The van der Waals surface area contributed by atoms with E-state index in [1.165, 1.54) is 25.5 Å². The maximum absolute atomic E-state index is 14.1. The number of carboxylic acids is 1. The number of carbonyl (C=O) groups excluding carboxylic acids is 1. The molecule has 8 heteroatoms. The number of carboxylic acid groups (broad SMARTS) is 1. The Balaban J connectivity index is 1.67. The number of carbonyl (C=O) groups is 2. The van der Waals surface area contributed by atoms with Gasteiger partial charge in [0.05, 0.1) is 16.9 Å². The van der Waals surface area contributed by atoms with Crippen molar-refractivity contribution in [3.8, 4) is 22.6 Å². The summed E-state index contributed by atoms with van der Waals surface area (Å²) in [4.78, 5) is 25.2. The summed E-state index contributed by atoms with van der Waals surface area (Å²) in [5.41, 5.74) is 2.75. The van der Waals surface area contributed by atoms with E-state index in [1.54, 1.807) is 6.07 Å². The van der Waals surface area contributed by atoms with Crippen molar-refractivity contribution in [3.05, 3.63) is 53.8 Å². The molecule has 1 aliphatic rings. The molecule has 1 saturated heterocycles. The first-order valence-electron chi connectivity index (χ1n) is 10.5. The molecule has 4 rings (SSSR count). The first-order chi connectivity index (χ1) is 15.3. The fourth-order valence-corrected chi connectivity index (χ4v) is 4.08. The van der Waals surface area contributed by atoms with E-state index in [0.29, 0.717) is 34.3 Å². The Morgan fingerprint density at radius 3 is 2.62 bits per heavy atom.